The first kappa shape index (κ1) is 37.2. The second-order valence-corrected chi connectivity index (χ2v) is 8.75. The highest BCUT2D eigenvalue weighted by molar-refractivity contribution is 8.00. The van der Waals surface area contributed by atoms with Crippen LogP contribution < -0.4 is 11.5 Å². The molecule has 1 aliphatic rings. The highest BCUT2D eigenvalue weighted by Crippen LogP contribution is 2.35. The summed E-state index contributed by atoms with van der Waals surface area (Å²) in [4.78, 5) is 36.8. The smallest absolute Gasteiger partial charge is 0.227 e. The number of nitrogens with two attached hydrogens (primary N) is 2. The Morgan fingerprint density at radius 1 is 1.05 bits per heavy atom. The van der Waals surface area contributed by atoms with Crippen LogP contribution in [0.1, 0.15) is 37.5 Å². The monoisotopic (exact) mass is 553 g/mol. The summed E-state index contributed by atoms with van der Waals surface area (Å²) in [6.07, 6.45) is 1.32. The lowest BCUT2D eigenvalue weighted by atomic mass is 9.96. The summed E-state index contributed by atoms with van der Waals surface area (Å²) in [5.41, 5.74) is 13.5. The Bertz CT molecular complexity index is 1130. The van der Waals surface area contributed by atoms with Crippen LogP contribution in [0.15, 0.2) is 35.4 Å². The molecule has 0 atom stereocenters. The van der Waals surface area contributed by atoms with Crippen LogP contribution in [-0.2, 0) is 14.4 Å². The lowest BCUT2D eigenvalue weighted by Gasteiger charge is -2.28. The van der Waals surface area contributed by atoms with E-state index in [2.05, 4.69) is 34.9 Å². The van der Waals surface area contributed by atoms with Crippen LogP contribution in [0.25, 0.3) is 11.1 Å². The van der Waals surface area contributed by atoms with Crippen molar-refractivity contribution in [2.75, 3.05) is 51.8 Å². The first-order chi connectivity index (χ1) is 18.7. The largest absolute Gasteiger partial charge is 0.383 e. The summed E-state index contributed by atoms with van der Waals surface area (Å²) in [6.45, 7) is 14.5. The molecule has 39 heavy (non-hydrogen) atoms. The van der Waals surface area contributed by atoms with Crippen molar-refractivity contribution in [3.05, 3.63) is 47.0 Å². The number of hydrogen-bond donors (Lipinski definition) is 2. The number of hydrogen-bond acceptors (Lipinski definition) is 10. The van der Waals surface area contributed by atoms with Crippen LogP contribution in [0.5, 0.6) is 0 Å². The van der Waals surface area contributed by atoms with Gasteiger partial charge in [0.25, 0.3) is 0 Å². The number of nitrogens with zero attached hydrogens (tertiary/aromatic N) is 5. The van der Waals surface area contributed by atoms with Gasteiger partial charge in [-0.05, 0) is 39.6 Å². The first-order valence-corrected chi connectivity index (χ1v) is 13.1. The SMILES string of the molecule is C=O.CC.CC=C=O.CN1CCN(C)CC1.Cc1ccc(-c2c(C#N)c(N)nc(SCC(N)=O)c2C#N)cc1. The van der Waals surface area contributed by atoms with Gasteiger partial charge in [-0.25, -0.2) is 9.78 Å². The van der Waals surface area contributed by atoms with Crippen molar-refractivity contribution in [3.8, 4) is 23.3 Å². The number of rotatable bonds is 4. The lowest BCUT2D eigenvalue weighted by molar-refractivity contribution is -0.115. The summed E-state index contributed by atoms with van der Waals surface area (Å²) < 4.78 is 0. The second kappa shape index (κ2) is 22.0. The van der Waals surface area contributed by atoms with Gasteiger partial charge in [0.15, 0.2) is 0 Å². The molecule has 0 aliphatic carbocycles. The Morgan fingerprint density at radius 2 is 1.49 bits per heavy atom. The maximum atomic E-state index is 11.0. The highest BCUT2D eigenvalue weighted by Gasteiger charge is 2.20. The van der Waals surface area contributed by atoms with Crippen LogP contribution >= 0.6 is 11.8 Å². The number of aryl methyl sites for hydroxylation is 1. The van der Waals surface area contributed by atoms with Gasteiger partial charge in [0.1, 0.15) is 41.3 Å². The molecule has 11 heteroatoms. The van der Waals surface area contributed by atoms with E-state index in [0.29, 0.717) is 16.2 Å². The summed E-state index contributed by atoms with van der Waals surface area (Å²) in [5.74, 6) is 1.02. The fourth-order valence-corrected chi connectivity index (χ4v) is 3.69. The van der Waals surface area contributed by atoms with Crippen LogP contribution in [-0.4, -0.2) is 79.4 Å². The lowest BCUT2D eigenvalue weighted by Crippen LogP contribution is -2.42. The molecule has 1 aromatic carbocycles. The molecule has 1 fully saturated rings. The fourth-order valence-electron chi connectivity index (χ4n) is 2.96. The number of nitrogen functional groups attached to an aromatic ring is 1. The van der Waals surface area contributed by atoms with Crippen LogP contribution in [0.2, 0.25) is 0 Å². The molecule has 0 bridgehead atoms. The van der Waals surface area contributed by atoms with Gasteiger partial charge in [-0.1, -0.05) is 55.4 Å². The van der Waals surface area contributed by atoms with Gasteiger partial charge in [-0.15, -0.1) is 0 Å². The van der Waals surface area contributed by atoms with E-state index in [1.807, 2.05) is 57.9 Å². The van der Waals surface area contributed by atoms with E-state index in [0.717, 1.165) is 17.3 Å². The van der Waals surface area contributed by atoms with E-state index < -0.39 is 5.91 Å². The summed E-state index contributed by atoms with van der Waals surface area (Å²) in [7, 11) is 4.35. The number of amides is 1. The van der Waals surface area contributed by atoms with Crippen molar-refractivity contribution in [2.45, 2.75) is 32.7 Å². The fraction of sp³-hybridized carbons (Fsp3) is 0.393. The molecule has 1 amide bonds. The van der Waals surface area contributed by atoms with Gasteiger partial charge in [0.2, 0.25) is 5.91 Å². The van der Waals surface area contributed by atoms with Crippen molar-refractivity contribution < 1.29 is 14.4 Å². The molecule has 4 N–H and O–H groups in total. The number of thioether (sulfide) groups is 1. The standard InChI is InChI=1S/C16H13N5OS.C6H14N2.C3H4O.C2H6.CH2O/c1-9-2-4-10(5-3-9)14-11(6-17)15(20)21-16(12(14)7-18)23-8-13(19)22;1-7-3-5-8(2)6-4-7;1-2-3-4;2*1-2/h2-5H,8H2,1H3,(H2,19,22)(H2,20,21);3-6H2,1-2H3;2H,1H3;1-2H3;1H2. The zero-order valence-corrected chi connectivity index (χ0v) is 24.5. The molecule has 1 aromatic heterocycles. The average Bonchev–Trinajstić information content (AvgIpc) is 2.96. The van der Waals surface area contributed by atoms with Gasteiger partial charge in [-0.3, -0.25) is 4.79 Å². The Kier molecular flexibility index (Phi) is 21.0. The van der Waals surface area contributed by atoms with E-state index in [9.17, 15) is 15.3 Å². The summed E-state index contributed by atoms with van der Waals surface area (Å²) in [6, 6.07) is 11.5. The Balaban J connectivity index is 0. The summed E-state index contributed by atoms with van der Waals surface area (Å²) >= 11 is 1.03. The van der Waals surface area contributed by atoms with Gasteiger partial charge in [-0.2, -0.15) is 10.5 Å². The molecular formula is C28H39N7O3S. The number of primary amides is 1. The van der Waals surface area contributed by atoms with Gasteiger partial charge in [0, 0.05) is 31.7 Å². The van der Waals surface area contributed by atoms with Crippen LogP contribution in [0.4, 0.5) is 5.82 Å². The number of aromatic nitrogens is 1. The predicted octanol–water partition coefficient (Wildman–Crippen LogP) is 3.06. The van der Waals surface area contributed by atoms with E-state index in [1.54, 1.807) is 12.9 Å². The van der Waals surface area contributed by atoms with Gasteiger partial charge in [0.05, 0.1) is 11.3 Å². The third-order valence-corrected chi connectivity index (χ3v) is 5.95. The minimum atomic E-state index is -0.527. The van der Waals surface area contributed by atoms with Crippen molar-refractivity contribution in [1.82, 2.24) is 14.8 Å². The number of likely N-dealkylation sites (N-methyl/N-ethyl adjacent to an activating group) is 2. The van der Waals surface area contributed by atoms with Gasteiger partial charge < -0.3 is 26.1 Å². The molecule has 210 valence electrons. The van der Waals surface area contributed by atoms with E-state index in [1.165, 1.54) is 32.3 Å². The molecule has 0 saturated carbocycles. The number of carbonyl (C=O) groups is 2. The molecule has 1 aliphatic heterocycles. The Labute approximate surface area is 236 Å². The highest BCUT2D eigenvalue weighted by atomic mass is 32.2. The number of benzene rings is 1. The molecule has 1 saturated heterocycles. The molecule has 2 aromatic rings. The maximum absolute atomic E-state index is 11.0. The van der Waals surface area contributed by atoms with E-state index >= 15 is 0 Å². The van der Waals surface area contributed by atoms with E-state index in [-0.39, 0.29) is 22.7 Å². The number of piperazine rings is 1. The number of carbonyl (C=O) groups excluding carboxylic acids is 3. The number of allylic oxidation sites excluding steroid dienone is 1. The molecule has 0 spiro atoms. The Hall–Kier alpha value is -3.99. The zero-order chi connectivity index (χ0) is 30.4. The average molecular weight is 554 g/mol. The molecule has 2 heterocycles. The maximum Gasteiger partial charge on any atom is 0.227 e. The van der Waals surface area contributed by atoms with Gasteiger partial charge >= 0.3 is 0 Å². The third-order valence-electron chi connectivity index (χ3n) is 4.95. The minimum absolute atomic E-state index is 0.0223. The molecule has 0 radical (unpaired) electrons. The quantitative estimate of drug-likeness (QED) is 0.423. The molecule has 10 nitrogen and oxygen atoms in total. The molecular weight excluding hydrogens is 514 g/mol. The van der Waals surface area contributed by atoms with Crippen molar-refractivity contribution in [1.29, 1.82) is 10.5 Å². The predicted molar refractivity (Wildman–Crippen MR) is 158 cm³/mol. The van der Waals surface area contributed by atoms with Crippen molar-refractivity contribution in [2.24, 2.45) is 5.73 Å². The topological polar surface area (TPSA) is 170 Å². The molecule has 3 rings (SSSR count). The zero-order valence-electron chi connectivity index (χ0n) is 23.7. The first-order valence-electron chi connectivity index (χ1n) is 12.1. The number of nitriles is 2. The second-order valence-electron chi connectivity index (χ2n) is 7.78. The van der Waals surface area contributed by atoms with Crippen molar-refractivity contribution in [3.63, 3.8) is 0 Å². The minimum Gasteiger partial charge on any atom is -0.383 e. The van der Waals surface area contributed by atoms with E-state index in [4.69, 9.17) is 21.1 Å². The number of pyridine rings is 1. The normalized spacial score (nSPS) is 11.9. The third kappa shape index (κ3) is 13.9. The number of anilines is 1. The summed E-state index contributed by atoms with van der Waals surface area (Å²) in [5, 5.41) is 19.2. The van der Waals surface area contributed by atoms with Crippen LogP contribution in [0, 0.1) is 29.6 Å². The molecule has 0 unspecified atom stereocenters. The Morgan fingerprint density at radius 3 is 1.85 bits per heavy atom. The van der Waals surface area contributed by atoms with Crippen molar-refractivity contribution >= 4 is 36.2 Å². The van der Waals surface area contributed by atoms with Crippen LogP contribution in [0.3, 0.4) is 0 Å².